The van der Waals surface area contributed by atoms with Crippen molar-refractivity contribution in [2.24, 2.45) is 0 Å². The van der Waals surface area contributed by atoms with Crippen LogP contribution in [0.5, 0.6) is 0 Å². The highest BCUT2D eigenvalue weighted by molar-refractivity contribution is 7.99. The van der Waals surface area contributed by atoms with E-state index in [2.05, 4.69) is 30.3 Å². The van der Waals surface area contributed by atoms with Gasteiger partial charge in [-0.2, -0.15) is 0 Å². The van der Waals surface area contributed by atoms with Gasteiger partial charge in [0.1, 0.15) is 0 Å². The highest BCUT2D eigenvalue weighted by atomic mass is 32.2. The summed E-state index contributed by atoms with van der Waals surface area (Å²) in [5.74, 6) is 2.29. The van der Waals surface area contributed by atoms with Crippen molar-refractivity contribution in [3.8, 4) is 0 Å². The van der Waals surface area contributed by atoms with E-state index in [0.717, 1.165) is 22.5 Å². The fourth-order valence-electron chi connectivity index (χ4n) is 2.16. The van der Waals surface area contributed by atoms with Crippen molar-refractivity contribution in [3.05, 3.63) is 60.2 Å². The number of carbonyl (C=O) groups excluding carboxylic acids is 1. The van der Waals surface area contributed by atoms with Crippen LogP contribution < -0.4 is 0 Å². The molecular weight excluding hydrogens is 308 g/mol. The summed E-state index contributed by atoms with van der Waals surface area (Å²) in [5.41, 5.74) is 0.812. The molecule has 2 aromatic rings. The van der Waals surface area contributed by atoms with Crippen LogP contribution in [0.1, 0.15) is 36.0 Å². The normalized spacial score (nSPS) is 10.5. The molecule has 0 bridgehead atoms. The first-order valence-corrected chi connectivity index (χ1v) is 9.72. The predicted octanol–water partition coefficient (Wildman–Crippen LogP) is 5.94. The van der Waals surface area contributed by atoms with Crippen molar-refractivity contribution in [3.63, 3.8) is 0 Å². The minimum Gasteiger partial charge on any atom is -0.298 e. The zero-order valence-electron chi connectivity index (χ0n) is 12.7. The molecule has 0 spiro atoms. The van der Waals surface area contributed by atoms with E-state index < -0.39 is 0 Å². The molecular formula is C19H22OS2. The van der Waals surface area contributed by atoms with Gasteiger partial charge in [-0.1, -0.05) is 49.2 Å². The molecule has 22 heavy (non-hydrogen) atoms. The molecule has 0 aliphatic heterocycles. The fraction of sp³-hybridized carbons (Fsp3) is 0.316. The summed E-state index contributed by atoms with van der Waals surface area (Å²) in [4.78, 5) is 13.4. The summed E-state index contributed by atoms with van der Waals surface area (Å²) in [6.45, 7) is 0. The highest BCUT2D eigenvalue weighted by Crippen LogP contribution is 2.23. The average molecular weight is 331 g/mol. The molecule has 1 nitrogen and oxygen atoms in total. The van der Waals surface area contributed by atoms with Gasteiger partial charge in [0.05, 0.1) is 0 Å². The maximum absolute atomic E-state index is 10.9. The van der Waals surface area contributed by atoms with Crippen molar-refractivity contribution in [1.82, 2.24) is 0 Å². The van der Waals surface area contributed by atoms with Gasteiger partial charge in [-0.15, -0.1) is 23.5 Å². The maximum Gasteiger partial charge on any atom is 0.151 e. The second-order valence-electron chi connectivity index (χ2n) is 5.08. The van der Waals surface area contributed by atoms with Crippen LogP contribution >= 0.6 is 23.5 Å². The van der Waals surface area contributed by atoms with E-state index in [9.17, 15) is 4.79 Å². The topological polar surface area (TPSA) is 17.1 Å². The third-order valence-corrected chi connectivity index (χ3v) is 5.63. The molecule has 0 aliphatic rings. The molecule has 2 rings (SSSR count). The van der Waals surface area contributed by atoms with Crippen LogP contribution in [0.2, 0.25) is 0 Å². The number of unbranched alkanes of at least 4 members (excludes halogenated alkanes) is 3. The summed E-state index contributed by atoms with van der Waals surface area (Å²) in [7, 11) is 0. The number of benzene rings is 2. The van der Waals surface area contributed by atoms with E-state index in [1.807, 2.05) is 36.0 Å². The Labute approximate surface area is 141 Å². The van der Waals surface area contributed by atoms with Gasteiger partial charge in [-0.25, -0.2) is 0 Å². The molecule has 116 valence electrons. The summed E-state index contributed by atoms with van der Waals surface area (Å²) >= 11 is 3.74. The van der Waals surface area contributed by atoms with Crippen molar-refractivity contribution >= 4 is 29.8 Å². The van der Waals surface area contributed by atoms with Gasteiger partial charge in [0.2, 0.25) is 0 Å². The summed E-state index contributed by atoms with van der Waals surface area (Å²) in [6, 6.07) is 18.4. The minimum atomic E-state index is 0.812. The third-order valence-electron chi connectivity index (χ3n) is 3.35. The monoisotopic (exact) mass is 330 g/mol. The number of carbonyl (C=O) groups is 1. The second-order valence-corrected chi connectivity index (χ2v) is 7.38. The Hall–Kier alpha value is -1.19. The van der Waals surface area contributed by atoms with Gasteiger partial charge in [-0.05, 0) is 42.5 Å². The van der Waals surface area contributed by atoms with E-state index >= 15 is 0 Å². The van der Waals surface area contributed by atoms with Crippen LogP contribution in [0, 0.1) is 0 Å². The highest BCUT2D eigenvalue weighted by Gasteiger charge is 2.00. The Morgan fingerprint density at radius 1 is 0.727 bits per heavy atom. The Morgan fingerprint density at radius 2 is 1.36 bits per heavy atom. The standard InChI is InChI=1S/C19H22OS2/c20-16-17-10-6-7-13-19(17)22-15-9-2-1-8-14-21-18-11-4-3-5-12-18/h3-7,10-13,16H,1-2,8-9,14-15H2. The predicted molar refractivity (Wildman–Crippen MR) is 98.2 cm³/mol. The molecule has 0 aromatic heterocycles. The quantitative estimate of drug-likeness (QED) is 0.305. The Bertz CT molecular complexity index is 554. The lowest BCUT2D eigenvalue weighted by Crippen LogP contribution is -1.87. The van der Waals surface area contributed by atoms with Gasteiger partial charge in [-0.3, -0.25) is 4.79 Å². The van der Waals surface area contributed by atoms with Gasteiger partial charge < -0.3 is 0 Å². The van der Waals surface area contributed by atoms with Crippen molar-refractivity contribution in [2.45, 2.75) is 35.5 Å². The Kier molecular flexibility index (Phi) is 8.21. The van der Waals surface area contributed by atoms with Crippen molar-refractivity contribution in [1.29, 1.82) is 0 Å². The molecule has 0 aliphatic carbocycles. The number of rotatable bonds is 10. The molecule has 2 aromatic carbocycles. The van der Waals surface area contributed by atoms with Crippen molar-refractivity contribution in [2.75, 3.05) is 11.5 Å². The average Bonchev–Trinajstić information content (AvgIpc) is 2.58. The van der Waals surface area contributed by atoms with E-state index in [-0.39, 0.29) is 0 Å². The summed E-state index contributed by atoms with van der Waals surface area (Å²) < 4.78 is 0. The van der Waals surface area contributed by atoms with Gasteiger partial charge in [0, 0.05) is 15.4 Å². The van der Waals surface area contributed by atoms with Crippen LogP contribution in [0.25, 0.3) is 0 Å². The van der Waals surface area contributed by atoms with Crippen LogP contribution in [-0.2, 0) is 0 Å². The van der Waals surface area contributed by atoms with Gasteiger partial charge in [0.15, 0.2) is 6.29 Å². The van der Waals surface area contributed by atoms with Crippen LogP contribution in [0.15, 0.2) is 64.4 Å². The van der Waals surface area contributed by atoms with Gasteiger partial charge >= 0.3 is 0 Å². The van der Waals surface area contributed by atoms with E-state index in [1.54, 1.807) is 11.8 Å². The van der Waals surface area contributed by atoms with Gasteiger partial charge in [0.25, 0.3) is 0 Å². The first kappa shape index (κ1) is 17.2. The largest absolute Gasteiger partial charge is 0.298 e. The Balaban J connectivity index is 1.52. The van der Waals surface area contributed by atoms with Crippen LogP contribution in [0.4, 0.5) is 0 Å². The molecule has 3 heteroatoms. The van der Waals surface area contributed by atoms with E-state index in [4.69, 9.17) is 0 Å². The third kappa shape index (κ3) is 6.29. The molecule has 0 radical (unpaired) electrons. The smallest absolute Gasteiger partial charge is 0.151 e. The van der Waals surface area contributed by atoms with Crippen LogP contribution in [0.3, 0.4) is 0 Å². The molecule has 0 heterocycles. The summed E-state index contributed by atoms with van der Waals surface area (Å²) in [6.07, 6.45) is 5.99. The minimum absolute atomic E-state index is 0.812. The first-order valence-electron chi connectivity index (χ1n) is 7.75. The molecule has 0 N–H and O–H groups in total. The first-order chi connectivity index (χ1) is 10.9. The lowest BCUT2D eigenvalue weighted by atomic mass is 10.2. The lowest BCUT2D eigenvalue weighted by molar-refractivity contribution is 0.112. The number of thioether (sulfide) groups is 2. The zero-order chi connectivity index (χ0) is 15.5. The molecule has 0 saturated carbocycles. The maximum atomic E-state index is 10.9. The number of aldehydes is 1. The molecule has 0 amide bonds. The molecule has 0 fully saturated rings. The number of hydrogen-bond donors (Lipinski definition) is 0. The van der Waals surface area contributed by atoms with E-state index in [1.165, 1.54) is 36.3 Å². The number of hydrogen-bond acceptors (Lipinski definition) is 3. The van der Waals surface area contributed by atoms with Crippen molar-refractivity contribution < 1.29 is 4.79 Å². The molecule has 0 atom stereocenters. The van der Waals surface area contributed by atoms with E-state index in [0.29, 0.717) is 0 Å². The zero-order valence-corrected chi connectivity index (χ0v) is 14.4. The molecule has 0 saturated heterocycles. The fourth-order valence-corrected chi connectivity index (χ4v) is 4.12. The molecule has 0 unspecified atom stereocenters. The SMILES string of the molecule is O=Cc1ccccc1SCCCCCCSc1ccccc1. The summed E-state index contributed by atoms with van der Waals surface area (Å²) in [5, 5.41) is 0. The Morgan fingerprint density at radius 3 is 2.09 bits per heavy atom. The second kappa shape index (κ2) is 10.5. The van der Waals surface area contributed by atoms with Crippen LogP contribution in [-0.4, -0.2) is 17.8 Å². The lowest BCUT2D eigenvalue weighted by Gasteiger charge is -2.05.